The lowest BCUT2D eigenvalue weighted by molar-refractivity contribution is -0.129. The van der Waals surface area contributed by atoms with Crippen molar-refractivity contribution in [3.05, 3.63) is 89.6 Å². The molecule has 0 fully saturated rings. The molecule has 0 radical (unpaired) electrons. The van der Waals surface area contributed by atoms with Crippen LogP contribution in [0.1, 0.15) is 11.1 Å². The molecular weight excluding hydrogens is 286 g/mol. The molecule has 110 valence electrons. The maximum absolute atomic E-state index is 12.0. The topological polar surface area (TPSA) is 38.7 Å². The number of carbonyl (C=O) groups is 1. The number of cyclic esters (lactones) is 1. The highest BCUT2D eigenvalue weighted by Gasteiger charge is 2.24. The summed E-state index contributed by atoms with van der Waals surface area (Å²) in [5.74, 6) is -0.0695. The van der Waals surface area contributed by atoms with Crippen LogP contribution in [0.25, 0.3) is 16.8 Å². The number of rotatable bonds is 2. The van der Waals surface area contributed by atoms with Gasteiger partial charge in [0.2, 0.25) is 5.90 Å². The van der Waals surface area contributed by atoms with Crippen molar-refractivity contribution in [3.8, 4) is 0 Å². The first kappa shape index (κ1) is 13.5. The lowest BCUT2D eigenvalue weighted by Gasteiger charge is -2.02. The van der Waals surface area contributed by atoms with Gasteiger partial charge in [-0.25, -0.2) is 9.79 Å². The molecule has 1 aliphatic rings. The van der Waals surface area contributed by atoms with Crippen molar-refractivity contribution in [3.63, 3.8) is 0 Å². The summed E-state index contributed by atoms with van der Waals surface area (Å²) in [6, 6.07) is 23.5. The van der Waals surface area contributed by atoms with Crippen LogP contribution in [0, 0.1) is 0 Å². The zero-order chi connectivity index (χ0) is 15.6. The SMILES string of the molecule is O=C1OC(c2ccc3ccccc3c2)=N/C1=C\c1ccccc1. The van der Waals surface area contributed by atoms with E-state index in [0.717, 1.165) is 21.9 Å². The van der Waals surface area contributed by atoms with Gasteiger partial charge in [-0.15, -0.1) is 0 Å². The summed E-state index contributed by atoms with van der Waals surface area (Å²) in [4.78, 5) is 16.4. The predicted molar refractivity (Wildman–Crippen MR) is 91.0 cm³/mol. The Morgan fingerprint density at radius 3 is 2.39 bits per heavy atom. The van der Waals surface area contributed by atoms with E-state index in [2.05, 4.69) is 4.99 Å². The van der Waals surface area contributed by atoms with E-state index >= 15 is 0 Å². The monoisotopic (exact) mass is 299 g/mol. The van der Waals surface area contributed by atoms with Gasteiger partial charge in [0.1, 0.15) is 0 Å². The van der Waals surface area contributed by atoms with E-state index in [1.165, 1.54) is 0 Å². The zero-order valence-corrected chi connectivity index (χ0v) is 12.3. The Hall–Kier alpha value is -3.20. The van der Waals surface area contributed by atoms with Gasteiger partial charge in [0.05, 0.1) is 0 Å². The summed E-state index contributed by atoms with van der Waals surface area (Å²) in [6.07, 6.45) is 1.73. The van der Waals surface area contributed by atoms with Crippen LogP contribution in [-0.2, 0) is 9.53 Å². The maximum atomic E-state index is 12.0. The molecule has 0 saturated carbocycles. The largest absolute Gasteiger partial charge is 0.402 e. The molecule has 0 aromatic heterocycles. The van der Waals surface area contributed by atoms with Gasteiger partial charge in [0, 0.05) is 5.56 Å². The molecule has 3 nitrogen and oxygen atoms in total. The highest BCUT2D eigenvalue weighted by Crippen LogP contribution is 2.22. The van der Waals surface area contributed by atoms with E-state index in [9.17, 15) is 4.79 Å². The van der Waals surface area contributed by atoms with Gasteiger partial charge in [0.25, 0.3) is 0 Å². The lowest BCUT2D eigenvalue weighted by atomic mass is 10.1. The molecule has 1 heterocycles. The molecule has 0 saturated heterocycles. The Morgan fingerprint density at radius 2 is 1.57 bits per heavy atom. The third-order valence-corrected chi connectivity index (χ3v) is 3.72. The highest BCUT2D eigenvalue weighted by molar-refractivity contribution is 6.13. The van der Waals surface area contributed by atoms with Crippen molar-refractivity contribution in [2.45, 2.75) is 0 Å². The molecule has 0 bridgehead atoms. The van der Waals surface area contributed by atoms with E-state index in [4.69, 9.17) is 4.74 Å². The minimum atomic E-state index is -0.419. The molecular formula is C20H13NO2. The second kappa shape index (κ2) is 5.54. The van der Waals surface area contributed by atoms with Gasteiger partial charge in [0.15, 0.2) is 5.70 Å². The first-order chi connectivity index (χ1) is 11.3. The van der Waals surface area contributed by atoms with Crippen molar-refractivity contribution < 1.29 is 9.53 Å². The Balaban J connectivity index is 1.72. The second-order valence-corrected chi connectivity index (χ2v) is 5.31. The van der Waals surface area contributed by atoms with Crippen molar-refractivity contribution in [1.82, 2.24) is 0 Å². The second-order valence-electron chi connectivity index (χ2n) is 5.31. The summed E-state index contributed by atoms with van der Waals surface area (Å²) in [5, 5.41) is 2.23. The summed E-state index contributed by atoms with van der Waals surface area (Å²) < 4.78 is 5.32. The van der Waals surface area contributed by atoms with Crippen LogP contribution in [0.3, 0.4) is 0 Å². The molecule has 1 aliphatic heterocycles. The maximum Gasteiger partial charge on any atom is 0.363 e. The zero-order valence-electron chi connectivity index (χ0n) is 12.3. The van der Waals surface area contributed by atoms with E-state index in [0.29, 0.717) is 11.6 Å². The van der Waals surface area contributed by atoms with Crippen LogP contribution in [0.4, 0.5) is 0 Å². The van der Waals surface area contributed by atoms with Crippen LogP contribution in [0.5, 0.6) is 0 Å². The molecule has 3 heteroatoms. The fourth-order valence-electron chi connectivity index (χ4n) is 2.56. The van der Waals surface area contributed by atoms with Gasteiger partial charge in [-0.3, -0.25) is 0 Å². The van der Waals surface area contributed by atoms with Gasteiger partial charge < -0.3 is 4.74 Å². The molecule has 0 unspecified atom stereocenters. The van der Waals surface area contributed by atoms with Gasteiger partial charge in [-0.1, -0.05) is 60.7 Å². The van der Waals surface area contributed by atoms with Crippen molar-refractivity contribution in [2.75, 3.05) is 0 Å². The molecule has 0 aliphatic carbocycles. The lowest BCUT2D eigenvalue weighted by Crippen LogP contribution is -2.05. The first-order valence-corrected chi connectivity index (χ1v) is 7.36. The molecule has 0 amide bonds. The van der Waals surface area contributed by atoms with Crippen molar-refractivity contribution in [2.24, 2.45) is 4.99 Å². The third kappa shape index (κ3) is 2.64. The number of hydrogen-bond acceptors (Lipinski definition) is 3. The molecule has 0 spiro atoms. The van der Waals surface area contributed by atoms with Crippen LogP contribution in [0.15, 0.2) is 83.5 Å². The average Bonchev–Trinajstić information content (AvgIpc) is 2.96. The first-order valence-electron chi connectivity index (χ1n) is 7.36. The number of esters is 1. The van der Waals surface area contributed by atoms with Crippen molar-refractivity contribution in [1.29, 1.82) is 0 Å². The van der Waals surface area contributed by atoms with Crippen LogP contribution >= 0.6 is 0 Å². The van der Waals surface area contributed by atoms with Crippen LogP contribution < -0.4 is 0 Å². The number of hydrogen-bond donors (Lipinski definition) is 0. The summed E-state index contributed by atoms with van der Waals surface area (Å²) in [6.45, 7) is 0. The standard InChI is InChI=1S/C20H13NO2/c22-20-18(12-14-6-2-1-3-7-14)21-19(23-20)17-11-10-15-8-4-5-9-16(15)13-17/h1-13H/b18-12-. The molecule has 3 aromatic carbocycles. The van der Waals surface area contributed by atoms with E-state index in [1.54, 1.807) is 6.08 Å². The molecule has 3 aromatic rings. The average molecular weight is 299 g/mol. The molecule has 4 rings (SSSR count). The summed E-state index contributed by atoms with van der Waals surface area (Å²) in [5.41, 5.74) is 2.04. The Morgan fingerprint density at radius 1 is 0.826 bits per heavy atom. The van der Waals surface area contributed by atoms with Crippen LogP contribution in [0.2, 0.25) is 0 Å². The van der Waals surface area contributed by atoms with E-state index in [1.807, 2.05) is 72.8 Å². The predicted octanol–water partition coefficient (Wildman–Crippen LogP) is 4.18. The normalized spacial score (nSPS) is 15.7. The third-order valence-electron chi connectivity index (χ3n) is 3.72. The smallest absolute Gasteiger partial charge is 0.363 e. The summed E-state index contributed by atoms with van der Waals surface area (Å²) in [7, 11) is 0. The fourth-order valence-corrected chi connectivity index (χ4v) is 2.56. The number of aliphatic imine (C=N–C) groups is 1. The Labute approximate surface area is 133 Å². The summed E-state index contributed by atoms with van der Waals surface area (Å²) >= 11 is 0. The fraction of sp³-hybridized carbons (Fsp3) is 0. The number of benzene rings is 3. The molecule has 0 N–H and O–H groups in total. The Kier molecular flexibility index (Phi) is 3.24. The molecule has 0 atom stereocenters. The van der Waals surface area contributed by atoms with E-state index in [-0.39, 0.29) is 0 Å². The number of nitrogens with zero attached hydrogens (tertiary/aromatic N) is 1. The molecule has 23 heavy (non-hydrogen) atoms. The quantitative estimate of drug-likeness (QED) is 0.526. The van der Waals surface area contributed by atoms with Crippen LogP contribution in [-0.4, -0.2) is 11.9 Å². The van der Waals surface area contributed by atoms with Gasteiger partial charge in [-0.05, 0) is 34.5 Å². The van der Waals surface area contributed by atoms with Crippen molar-refractivity contribution >= 4 is 28.7 Å². The Bertz CT molecular complexity index is 956. The minimum Gasteiger partial charge on any atom is -0.402 e. The van der Waals surface area contributed by atoms with E-state index < -0.39 is 5.97 Å². The number of fused-ring (bicyclic) bond motifs is 1. The van der Waals surface area contributed by atoms with Gasteiger partial charge >= 0.3 is 5.97 Å². The number of carbonyl (C=O) groups excluding carboxylic acids is 1. The highest BCUT2D eigenvalue weighted by atomic mass is 16.6. The minimum absolute atomic E-state index is 0.319. The van der Waals surface area contributed by atoms with Gasteiger partial charge in [-0.2, -0.15) is 0 Å². The number of ether oxygens (including phenoxy) is 1.